The lowest BCUT2D eigenvalue weighted by Gasteiger charge is -2.38. The van der Waals surface area contributed by atoms with Crippen LogP contribution in [0.1, 0.15) is 99.3 Å². The molecule has 4 fully saturated rings. The van der Waals surface area contributed by atoms with Gasteiger partial charge in [0.05, 0.1) is 42.7 Å². The average molecular weight is 794 g/mol. The van der Waals surface area contributed by atoms with Gasteiger partial charge in [0.25, 0.3) is 0 Å². The molecule has 3 saturated carbocycles. The first-order valence-corrected chi connectivity index (χ1v) is 21.7. The zero-order valence-corrected chi connectivity index (χ0v) is 34.7. The summed E-state index contributed by atoms with van der Waals surface area (Å²) in [7, 11) is -2.27. The number of hydrogen-bond donors (Lipinski definition) is 1. The van der Waals surface area contributed by atoms with Crippen LogP contribution < -0.4 is 14.2 Å². The zero-order chi connectivity index (χ0) is 40.7. The number of allylic oxidation sites excluding steroid dienone is 1. The molecule has 13 heteroatoms. The van der Waals surface area contributed by atoms with Crippen molar-refractivity contribution in [3.8, 4) is 11.6 Å². The van der Waals surface area contributed by atoms with Gasteiger partial charge in [-0.3, -0.25) is 23.9 Å². The van der Waals surface area contributed by atoms with E-state index in [-0.39, 0.29) is 55.9 Å². The number of fused-ring (bicyclic) bond motifs is 1. The molecule has 2 aromatic rings. The zero-order valence-electron chi connectivity index (χ0n) is 33.9. The van der Waals surface area contributed by atoms with E-state index in [1.165, 1.54) is 4.90 Å². The summed E-state index contributed by atoms with van der Waals surface area (Å²) in [4.78, 5) is 62.8. The Kier molecular flexibility index (Phi) is 12.0. The summed E-state index contributed by atoms with van der Waals surface area (Å²) < 4.78 is 45.9. The van der Waals surface area contributed by atoms with Gasteiger partial charge in [-0.2, -0.15) is 0 Å². The minimum Gasteiger partial charge on any atom is -0.497 e. The summed E-state index contributed by atoms with van der Waals surface area (Å²) in [6, 6.07) is 6.35. The van der Waals surface area contributed by atoms with Crippen molar-refractivity contribution in [3.63, 3.8) is 0 Å². The fourth-order valence-electron chi connectivity index (χ4n) is 8.84. The molecule has 0 unspecified atom stereocenters. The smallest absolute Gasteiger partial charge is 0.306 e. The number of amides is 2. The number of ether oxygens (including phenoxy) is 3. The Hall–Kier alpha value is -4.00. The number of Topliss-reactive ketones (excluding diaryl/α,β-unsaturated/α-hetero) is 1. The highest BCUT2D eigenvalue weighted by molar-refractivity contribution is 7.90. The number of benzene rings is 1. The fraction of sp³-hybridized carbons (Fsp3) is 0.651. The third-order valence-corrected chi connectivity index (χ3v) is 14.5. The van der Waals surface area contributed by atoms with Gasteiger partial charge in [0.1, 0.15) is 18.0 Å². The van der Waals surface area contributed by atoms with E-state index in [1.807, 2.05) is 39.0 Å². The Morgan fingerprint density at radius 1 is 1.09 bits per heavy atom. The Morgan fingerprint density at radius 3 is 2.45 bits per heavy atom. The summed E-state index contributed by atoms with van der Waals surface area (Å²) in [5.74, 6) is -1.11. The van der Waals surface area contributed by atoms with Crippen LogP contribution in [-0.4, -0.2) is 79.0 Å². The number of likely N-dealkylation sites (tertiary alicyclic amines) is 1. The van der Waals surface area contributed by atoms with Gasteiger partial charge < -0.3 is 19.1 Å². The number of rotatable bonds is 15. The standard InChI is InChI=1S/C43H59N3O9S/c1-9-28-22-43(28,41(50)45-56(51,52)31-12-13-31)23-36(47)35-20-30(54-39-33-15-11-29(53-8)19-27(33)16-17-44-39)24-46(35)40(49)34(42(5,6)7)21-38(48)55-37-18-26(4)10-14-32(37)25(2)3/h9,11,15-17,19,25-26,28,30-32,34-35,37H,1,10,12-14,18,20-24H2,2-8H3,(H,45,50)/t26-,28+,30+,32+,34+,35-,37-,43+/m0/s1. The van der Waals surface area contributed by atoms with Gasteiger partial charge in [-0.05, 0) is 90.8 Å². The molecule has 6 rings (SSSR count). The van der Waals surface area contributed by atoms with Gasteiger partial charge in [-0.25, -0.2) is 13.4 Å². The fourth-order valence-corrected chi connectivity index (χ4v) is 10.2. The van der Waals surface area contributed by atoms with E-state index in [0.717, 1.165) is 30.0 Å². The first kappa shape index (κ1) is 41.6. The Labute approximate surface area is 331 Å². The number of nitrogens with zero attached hydrogens (tertiary/aromatic N) is 2. The highest BCUT2D eigenvalue weighted by Crippen LogP contribution is 2.57. The van der Waals surface area contributed by atoms with Crippen LogP contribution in [0.25, 0.3) is 10.8 Å². The number of aromatic nitrogens is 1. The Morgan fingerprint density at radius 2 is 1.82 bits per heavy atom. The quantitative estimate of drug-likeness (QED) is 0.158. The van der Waals surface area contributed by atoms with Gasteiger partial charge in [-0.1, -0.05) is 54.0 Å². The summed E-state index contributed by atoms with van der Waals surface area (Å²) in [5.41, 5.74) is -1.97. The molecule has 8 atom stereocenters. The molecule has 3 aliphatic carbocycles. The molecule has 1 aliphatic heterocycles. The number of carbonyl (C=O) groups excluding carboxylic acids is 4. The molecule has 1 saturated heterocycles. The largest absolute Gasteiger partial charge is 0.497 e. The number of carbonyl (C=O) groups is 4. The van der Waals surface area contributed by atoms with Crippen molar-refractivity contribution in [3.05, 3.63) is 43.1 Å². The van der Waals surface area contributed by atoms with E-state index in [2.05, 4.69) is 37.1 Å². The van der Waals surface area contributed by atoms with E-state index in [0.29, 0.717) is 36.3 Å². The van der Waals surface area contributed by atoms with Crippen LogP contribution in [-0.2, 0) is 33.9 Å². The van der Waals surface area contributed by atoms with Crippen LogP contribution in [0.3, 0.4) is 0 Å². The van der Waals surface area contributed by atoms with E-state index in [4.69, 9.17) is 14.2 Å². The molecule has 1 N–H and O–H groups in total. The second-order valence-corrected chi connectivity index (χ2v) is 20.1. The second-order valence-electron chi connectivity index (χ2n) is 18.2. The number of methoxy groups -OCH3 is 1. The number of ketones is 1. The molecular formula is C43H59N3O9S. The average Bonchev–Trinajstić information content (AvgIpc) is 4.06. The summed E-state index contributed by atoms with van der Waals surface area (Å²) >= 11 is 0. The molecule has 0 bridgehead atoms. The molecule has 1 aromatic heterocycles. The lowest BCUT2D eigenvalue weighted by molar-refractivity contribution is -0.161. The Balaban J connectivity index is 1.27. The highest BCUT2D eigenvalue weighted by atomic mass is 32.2. The molecule has 2 amide bonds. The molecule has 56 heavy (non-hydrogen) atoms. The van der Waals surface area contributed by atoms with Crippen molar-refractivity contribution in [1.29, 1.82) is 0 Å². The molecule has 0 radical (unpaired) electrons. The van der Waals surface area contributed by atoms with Gasteiger partial charge >= 0.3 is 5.97 Å². The van der Waals surface area contributed by atoms with Gasteiger partial charge in [-0.15, -0.1) is 6.58 Å². The summed E-state index contributed by atoms with van der Waals surface area (Å²) in [6.45, 7) is 16.0. The molecule has 12 nitrogen and oxygen atoms in total. The minimum absolute atomic E-state index is 0.0425. The van der Waals surface area contributed by atoms with Crippen molar-refractivity contribution in [2.75, 3.05) is 13.7 Å². The van der Waals surface area contributed by atoms with Crippen LogP contribution >= 0.6 is 0 Å². The number of pyridine rings is 1. The van der Waals surface area contributed by atoms with Crippen molar-refractivity contribution < 1.29 is 41.8 Å². The van der Waals surface area contributed by atoms with Crippen molar-refractivity contribution in [1.82, 2.24) is 14.6 Å². The number of nitrogens with one attached hydrogen (secondary N) is 1. The normalized spacial score (nSPS) is 28.4. The molecule has 306 valence electrons. The lowest BCUT2D eigenvalue weighted by atomic mass is 9.75. The van der Waals surface area contributed by atoms with Crippen LogP contribution in [0.15, 0.2) is 43.1 Å². The molecule has 1 aromatic carbocycles. The van der Waals surface area contributed by atoms with E-state index in [9.17, 15) is 27.6 Å². The maximum absolute atomic E-state index is 14.9. The molecule has 0 spiro atoms. The highest BCUT2D eigenvalue weighted by Gasteiger charge is 2.61. The van der Waals surface area contributed by atoms with Crippen molar-refractivity contribution in [2.24, 2.45) is 40.4 Å². The first-order valence-electron chi connectivity index (χ1n) is 20.2. The van der Waals surface area contributed by atoms with Crippen LogP contribution in [0.5, 0.6) is 11.6 Å². The van der Waals surface area contributed by atoms with Crippen LogP contribution in [0, 0.1) is 40.4 Å². The molecule has 4 aliphatic rings. The van der Waals surface area contributed by atoms with E-state index >= 15 is 0 Å². The molecule has 2 heterocycles. The SMILES string of the molecule is C=C[C@@H]1C[C@]1(CC(=O)[C@@H]1C[C@@H](Oc2nccc3cc(OC)ccc23)CN1C(=O)[C@@H](CC(=O)O[C@H]1C[C@@H](C)CC[C@@H]1C(C)C)C(C)(C)C)C(=O)NS(=O)(=O)C1CC1. The monoisotopic (exact) mass is 793 g/mol. The predicted molar refractivity (Wildman–Crippen MR) is 212 cm³/mol. The Bertz CT molecular complexity index is 1950. The number of esters is 1. The second kappa shape index (κ2) is 16.1. The third kappa shape index (κ3) is 8.92. The predicted octanol–water partition coefficient (Wildman–Crippen LogP) is 6.41. The van der Waals surface area contributed by atoms with Crippen LogP contribution in [0.2, 0.25) is 0 Å². The molecular weight excluding hydrogens is 735 g/mol. The first-order chi connectivity index (χ1) is 26.4. The van der Waals surface area contributed by atoms with Crippen molar-refractivity contribution in [2.45, 2.75) is 123 Å². The topological polar surface area (TPSA) is 158 Å². The van der Waals surface area contributed by atoms with Crippen molar-refractivity contribution >= 4 is 44.4 Å². The maximum atomic E-state index is 14.9. The van der Waals surface area contributed by atoms with Gasteiger partial charge in [0.15, 0.2) is 5.78 Å². The number of sulfonamides is 1. The third-order valence-electron chi connectivity index (χ3n) is 12.6. The lowest BCUT2D eigenvalue weighted by Crippen LogP contribution is -2.49. The minimum atomic E-state index is -3.86. The van der Waals surface area contributed by atoms with Crippen LogP contribution in [0.4, 0.5) is 0 Å². The van der Waals surface area contributed by atoms with E-state index < -0.39 is 62.0 Å². The van der Waals surface area contributed by atoms with Gasteiger partial charge in [0, 0.05) is 24.4 Å². The number of hydrogen-bond acceptors (Lipinski definition) is 10. The van der Waals surface area contributed by atoms with E-state index in [1.54, 1.807) is 25.4 Å². The maximum Gasteiger partial charge on any atom is 0.306 e. The van der Waals surface area contributed by atoms with Gasteiger partial charge in [0.2, 0.25) is 27.7 Å². The summed E-state index contributed by atoms with van der Waals surface area (Å²) in [5, 5.41) is 0.959. The summed E-state index contributed by atoms with van der Waals surface area (Å²) in [6.07, 6.45) is 6.11.